The van der Waals surface area contributed by atoms with E-state index in [1.54, 1.807) is 7.11 Å². The molecule has 4 atom stereocenters. The van der Waals surface area contributed by atoms with Gasteiger partial charge in [0.05, 0.1) is 31.1 Å². The van der Waals surface area contributed by atoms with E-state index in [0.29, 0.717) is 12.3 Å². The van der Waals surface area contributed by atoms with E-state index in [1.807, 2.05) is 36.3 Å². The number of aliphatic hydroxyl groups excluding tert-OH is 1. The van der Waals surface area contributed by atoms with Gasteiger partial charge < -0.3 is 15.2 Å². The van der Waals surface area contributed by atoms with Gasteiger partial charge >= 0.3 is 0 Å². The summed E-state index contributed by atoms with van der Waals surface area (Å²) in [6.07, 6.45) is 14.6. The Hall–Kier alpha value is -3.26. The fourth-order valence-electron chi connectivity index (χ4n) is 6.51. The summed E-state index contributed by atoms with van der Waals surface area (Å²) in [5.41, 5.74) is 4.91. The van der Waals surface area contributed by atoms with Gasteiger partial charge in [0, 0.05) is 47.6 Å². The first kappa shape index (κ1) is 28.3. The third-order valence-corrected chi connectivity index (χ3v) is 8.84. The molecular formula is C32H43N5O3. The topological polar surface area (TPSA) is 102 Å². The largest absolute Gasteiger partial charge is 0.481 e. The molecule has 0 aromatic carbocycles. The number of aliphatic hydroxyl groups is 1. The Bertz CT molecular complexity index is 1300. The van der Waals surface area contributed by atoms with Crippen molar-refractivity contribution < 1.29 is 14.6 Å². The molecule has 0 radical (unpaired) electrons. The Morgan fingerprint density at radius 1 is 1.07 bits per heavy atom. The van der Waals surface area contributed by atoms with Crippen LogP contribution in [-0.4, -0.2) is 44.0 Å². The summed E-state index contributed by atoms with van der Waals surface area (Å²) < 4.78 is 7.28. The minimum Gasteiger partial charge on any atom is -0.481 e. The molecular weight excluding hydrogens is 502 g/mol. The Balaban J connectivity index is 1.40. The number of ether oxygens (including phenoxy) is 1. The van der Waals surface area contributed by atoms with Crippen LogP contribution < -0.4 is 10.1 Å². The van der Waals surface area contributed by atoms with Crippen molar-refractivity contribution >= 4 is 5.91 Å². The second-order valence-corrected chi connectivity index (χ2v) is 11.9. The van der Waals surface area contributed by atoms with Crippen LogP contribution in [0.2, 0.25) is 0 Å². The molecule has 4 unspecified atom stereocenters. The van der Waals surface area contributed by atoms with Crippen LogP contribution in [0.4, 0.5) is 0 Å². The molecule has 1 amide bonds. The van der Waals surface area contributed by atoms with Crippen molar-refractivity contribution in [3.05, 3.63) is 59.8 Å². The molecule has 0 saturated heterocycles. The highest BCUT2D eigenvalue weighted by Gasteiger charge is 2.37. The van der Waals surface area contributed by atoms with Gasteiger partial charge in [0.1, 0.15) is 0 Å². The number of rotatable bonds is 8. The Morgan fingerprint density at radius 2 is 1.88 bits per heavy atom. The van der Waals surface area contributed by atoms with Crippen LogP contribution in [0.3, 0.4) is 0 Å². The minimum atomic E-state index is -0.533. The minimum absolute atomic E-state index is 0.00391. The van der Waals surface area contributed by atoms with E-state index in [1.165, 1.54) is 6.42 Å². The molecule has 5 rings (SSSR count). The van der Waals surface area contributed by atoms with Gasteiger partial charge in [-0.05, 0) is 88.1 Å². The number of hydrogen-bond acceptors (Lipinski definition) is 6. The highest BCUT2D eigenvalue weighted by Crippen LogP contribution is 2.42. The van der Waals surface area contributed by atoms with Crippen molar-refractivity contribution in [2.24, 2.45) is 11.8 Å². The third kappa shape index (κ3) is 6.22. The fourth-order valence-corrected chi connectivity index (χ4v) is 6.51. The molecule has 214 valence electrons. The van der Waals surface area contributed by atoms with Crippen molar-refractivity contribution in [3.8, 4) is 17.0 Å². The molecule has 2 aliphatic rings. The van der Waals surface area contributed by atoms with Crippen LogP contribution in [0, 0.1) is 18.8 Å². The zero-order chi connectivity index (χ0) is 28.2. The smallest absolute Gasteiger partial charge is 0.223 e. The first-order valence-electron chi connectivity index (χ1n) is 14.8. The van der Waals surface area contributed by atoms with E-state index in [9.17, 15) is 9.90 Å². The molecule has 3 heterocycles. The maximum Gasteiger partial charge on any atom is 0.223 e. The Labute approximate surface area is 237 Å². The SMILES string of the molecule is COc1ncc(C2CCC(C(NC(=O)C3CCCCC3)c3cc(-c4cnn(C(C)C)c4)ccn3)CC2O)cc1C. The van der Waals surface area contributed by atoms with Crippen molar-refractivity contribution in [1.82, 2.24) is 25.1 Å². The second-order valence-electron chi connectivity index (χ2n) is 11.9. The van der Waals surface area contributed by atoms with Crippen molar-refractivity contribution in [2.45, 2.75) is 96.2 Å². The van der Waals surface area contributed by atoms with Gasteiger partial charge in [0.15, 0.2) is 0 Å². The Kier molecular flexibility index (Phi) is 8.84. The summed E-state index contributed by atoms with van der Waals surface area (Å²) >= 11 is 0. The number of amides is 1. The first-order chi connectivity index (χ1) is 19.3. The van der Waals surface area contributed by atoms with Gasteiger partial charge in [-0.2, -0.15) is 5.10 Å². The van der Waals surface area contributed by atoms with Gasteiger partial charge in [0.2, 0.25) is 11.8 Å². The number of nitrogens with zero attached hydrogens (tertiary/aromatic N) is 4. The summed E-state index contributed by atoms with van der Waals surface area (Å²) in [5, 5.41) is 19.3. The highest BCUT2D eigenvalue weighted by atomic mass is 16.5. The summed E-state index contributed by atoms with van der Waals surface area (Å²) in [6, 6.07) is 6.17. The summed E-state index contributed by atoms with van der Waals surface area (Å²) in [4.78, 5) is 22.7. The molecule has 0 spiro atoms. The normalized spacial score (nSPS) is 22.7. The van der Waals surface area contributed by atoms with E-state index < -0.39 is 6.10 Å². The zero-order valence-electron chi connectivity index (χ0n) is 24.2. The zero-order valence-corrected chi connectivity index (χ0v) is 24.2. The number of pyridine rings is 2. The molecule has 2 aliphatic carbocycles. The van der Waals surface area contributed by atoms with Crippen molar-refractivity contribution in [3.63, 3.8) is 0 Å². The van der Waals surface area contributed by atoms with Crippen LogP contribution >= 0.6 is 0 Å². The molecule has 2 N–H and O–H groups in total. The van der Waals surface area contributed by atoms with E-state index in [-0.39, 0.29) is 35.7 Å². The lowest BCUT2D eigenvalue weighted by Gasteiger charge is -2.38. The second kappa shape index (κ2) is 12.5. The number of nitrogens with one attached hydrogen (secondary N) is 1. The number of aromatic nitrogens is 4. The highest BCUT2D eigenvalue weighted by molar-refractivity contribution is 5.79. The van der Waals surface area contributed by atoms with Gasteiger partial charge in [-0.15, -0.1) is 0 Å². The molecule has 8 heteroatoms. The predicted octanol–water partition coefficient (Wildman–Crippen LogP) is 5.92. The lowest BCUT2D eigenvalue weighted by molar-refractivity contribution is -0.127. The van der Waals surface area contributed by atoms with Gasteiger partial charge in [0.25, 0.3) is 0 Å². The van der Waals surface area contributed by atoms with Crippen molar-refractivity contribution in [2.75, 3.05) is 7.11 Å². The van der Waals surface area contributed by atoms with E-state index in [2.05, 4.69) is 47.6 Å². The standard InChI is InChI=1S/C32H43N5O3/c1-20(2)37-19-26(18-35-37)23-12-13-33-28(15-23)30(36-31(39)22-8-6-5-7-9-22)24-10-11-27(29(38)16-24)25-14-21(3)32(40-4)34-17-25/h12-15,17-20,22,24,27,29-30,38H,5-11,16H2,1-4H3,(H,36,39). The first-order valence-corrected chi connectivity index (χ1v) is 14.8. The summed E-state index contributed by atoms with van der Waals surface area (Å²) in [6.45, 7) is 6.20. The number of carbonyl (C=O) groups is 1. The lowest BCUT2D eigenvalue weighted by Crippen LogP contribution is -2.41. The van der Waals surface area contributed by atoms with Crippen LogP contribution in [0.1, 0.15) is 100 Å². The molecule has 2 saturated carbocycles. The maximum atomic E-state index is 13.5. The van der Waals surface area contributed by atoms with Crippen LogP contribution in [0.5, 0.6) is 5.88 Å². The van der Waals surface area contributed by atoms with Gasteiger partial charge in [-0.3, -0.25) is 14.5 Å². The summed E-state index contributed by atoms with van der Waals surface area (Å²) in [5.74, 6) is 0.869. The third-order valence-electron chi connectivity index (χ3n) is 8.84. The maximum absolute atomic E-state index is 13.5. The summed E-state index contributed by atoms with van der Waals surface area (Å²) in [7, 11) is 1.62. The number of methoxy groups -OCH3 is 1. The van der Waals surface area contributed by atoms with E-state index >= 15 is 0 Å². The molecule has 40 heavy (non-hydrogen) atoms. The van der Waals surface area contributed by atoms with Crippen molar-refractivity contribution in [1.29, 1.82) is 0 Å². The molecule has 8 nitrogen and oxygen atoms in total. The Morgan fingerprint density at radius 3 is 2.55 bits per heavy atom. The number of hydrogen-bond donors (Lipinski definition) is 2. The van der Waals surface area contributed by atoms with E-state index in [4.69, 9.17) is 9.72 Å². The molecule has 3 aromatic heterocycles. The lowest BCUT2D eigenvalue weighted by atomic mass is 9.73. The molecule has 0 bridgehead atoms. The molecule has 2 fully saturated rings. The fraction of sp³-hybridized carbons (Fsp3) is 0.562. The number of carbonyl (C=O) groups excluding carboxylic acids is 1. The van der Waals surface area contributed by atoms with Crippen LogP contribution in [0.15, 0.2) is 43.0 Å². The number of aryl methyl sites for hydroxylation is 1. The predicted molar refractivity (Wildman–Crippen MR) is 155 cm³/mol. The molecule has 3 aromatic rings. The quantitative estimate of drug-likeness (QED) is 0.364. The van der Waals surface area contributed by atoms with Crippen LogP contribution in [0.25, 0.3) is 11.1 Å². The van der Waals surface area contributed by atoms with E-state index in [0.717, 1.165) is 66.5 Å². The van der Waals surface area contributed by atoms with Gasteiger partial charge in [-0.25, -0.2) is 4.98 Å². The van der Waals surface area contributed by atoms with Crippen LogP contribution in [-0.2, 0) is 4.79 Å². The van der Waals surface area contributed by atoms with Gasteiger partial charge in [-0.1, -0.05) is 19.3 Å². The molecule has 0 aliphatic heterocycles. The average Bonchev–Trinajstić information content (AvgIpc) is 3.47. The monoisotopic (exact) mass is 545 g/mol. The average molecular weight is 546 g/mol.